The summed E-state index contributed by atoms with van der Waals surface area (Å²) in [6, 6.07) is 9.58. The van der Waals surface area contributed by atoms with Gasteiger partial charge in [0.15, 0.2) is 11.6 Å². The standard InChI is InChI=1S/C25H31BrN4O3S/c1-5-6-20-9-7-17(14-27-20)15-30-12-11-18-8-10-21(13-19(18)16-30)34(31,32)29-24-22(26)23(33-28-24)25(2,3)4/h7-10,13-14H,5-6,11-12,15-16H2,1-4H3,(H,28,29). The van der Waals surface area contributed by atoms with E-state index in [2.05, 4.69) is 54.7 Å². The fraction of sp³-hybridized carbons (Fsp3) is 0.440. The molecule has 0 bridgehead atoms. The van der Waals surface area contributed by atoms with Gasteiger partial charge in [-0.1, -0.05) is 51.4 Å². The van der Waals surface area contributed by atoms with Crippen LogP contribution in [0, 0.1) is 0 Å². The van der Waals surface area contributed by atoms with Gasteiger partial charge in [-0.05, 0) is 63.7 Å². The molecule has 0 atom stereocenters. The van der Waals surface area contributed by atoms with Crippen LogP contribution in [-0.4, -0.2) is 30.0 Å². The molecule has 7 nitrogen and oxygen atoms in total. The Morgan fingerprint density at radius 2 is 1.97 bits per heavy atom. The second-order valence-electron chi connectivity index (χ2n) is 9.83. The van der Waals surface area contributed by atoms with Crippen LogP contribution in [0.4, 0.5) is 5.82 Å². The molecule has 3 aromatic rings. The monoisotopic (exact) mass is 546 g/mol. The topological polar surface area (TPSA) is 88.3 Å². The first-order chi connectivity index (χ1) is 16.1. The van der Waals surface area contributed by atoms with E-state index in [0.717, 1.165) is 43.6 Å². The van der Waals surface area contributed by atoms with Crippen molar-refractivity contribution in [3.05, 3.63) is 69.1 Å². The quantitative estimate of drug-likeness (QED) is 0.424. The van der Waals surface area contributed by atoms with Crippen molar-refractivity contribution in [2.24, 2.45) is 0 Å². The predicted molar refractivity (Wildman–Crippen MR) is 136 cm³/mol. The van der Waals surface area contributed by atoms with Gasteiger partial charge in [0.2, 0.25) is 0 Å². The maximum atomic E-state index is 13.1. The molecule has 1 aliphatic rings. The second kappa shape index (κ2) is 9.79. The average molecular weight is 548 g/mol. The predicted octanol–water partition coefficient (Wildman–Crippen LogP) is 5.44. The van der Waals surface area contributed by atoms with Gasteiger partial charge in [0, 0.05) is 36.9 Å². The van der Waals surface area contributed by atoms with Crippen molar-refractivity contribution in [1.82, 2.24) is 15.0 Å². The van der Waals surface area contributed by atoms with Gasteiger partial charge in [0.1, 0.15) is 4.47 Å². The molecule has 0 spiro atoms. The Bertz CT molecular complexity index is 1260. The van der Waals surface area contributed by atoms with Gasteiger partial charge in [0.25, 0.3) is 10.0 Å². The van der Waals surface area contributed by atoms with Crippen LogP contribution >= 0.6 is 15.9 Å². The molecule has 0 amide bonds. The highest BCUT2D eigenvalue weighted by Crippen LogP contribution is 2.35. The van der Waals surface area contributed by atoms with Crippen LogP contribution in [-0.2, 0) is 41.4 Å². The van der Waals surface area contributed by atoms with E-state index in [4.69, 9.17) is 4.52 Å². The van der Waals surface area contributed by atoms with Crippen molar-refractivity contribution in [2.75, 3.05) is 11.3 Å². The van der Waals surface area contributed by atoms with E-state index >= 15 is 0 Å². The zero-order chi connectivity index (χ0) is 24.5. The Kier molecular flexibility index (Phi) is 7.17. The van der Waals surface area contributed by atoms with Gasteiger partial charge in [-0.2, -0.15) is 0 Å². The highest BCUT2D eigenvalue weighted by Gasteiger charge is 2.28. The number of nitrogens with zero attached hydrogens (tertiary/aromatic N) is 3. The summed E-state index contributed by atoms with van der Waals surface area (Å²) in [5, 5.41) is 3.93. The molecule has 0 aliphatic carbocycles. The van der Waals surface area contributed by atoms with Gasteiger partial charge in [-0.25, -0.2) is 8.42 Å². The van der Waals surface area contributed by atoms with E-state index in [1.165, 1.54) is 11.1 Å². The molecule has 1 aromatic carbocycles. The molecule has 0 saturated carbocycles. The summed E-state index contributed by atoms with van der Waals surface area (Å²) in [4.78, 5) is 7.10. The molecular formula is C25H31BrN4O3S. The lowest BCUT2D eigenvalue weighted by atomic mass is 9.93. The molecule has 0 fully saturated rings. The van der Waals surface area contributed by atoms with Gasteiger partial charge >= 0.3 is 0 Å². The van der Waals surface area contributed by atoms with E-state index < -0.39 is 10.0 Å². The summed E-state index contributed by atoms with van der Waals surface area (Å²) in [5.41, 5.74) is 4.19. The van der Waals surface area contributed by atoms with Gasteiger partial charge < -0.3 is 4.52 Å². The van der Waals surface area contributed by atoms with Crippen LogP contribution in [0.15, 0.2) is 50.4 Å². The molecular weight excluding hydrogens is 516 g/mol. The normalized spacial score (nSPS) is 14.7. The van der Waals surface area contributed by atoms with Crippen LogP contribution in [0.5, 0.6) is 0 Å². The highest BCUT2D eigenvalue weighted by molar-refractivity contribution is 9.10. The van der Waals surface area contributed by atoms with Crippen molar-refractivity contribution in [1.29, 1.82) is 0 Å². The maximum Gasteiger partial charge on any atom is 0.263 e. The number of fused-ring (bicyclic) bond motifs is 1. The van der Waals surface area contributed by atoms with Crippen molar-refractivity contribution in [3.63, 3.8) is 0 Å². The van der Waals surface area contributed by atoms with Crippen molar-refractivity contribution < 1.29 is 12.9 Å². The number of aryl methyl sites for hydroxylation is 1. The highest BCUT2D eigenvalue weighted by atomic mass is 79.9. The zero-order valence-corrected chi connectivity index (χ0v) is 22.5. The summed E-state index contributed by atoms with van der Waals surface area (Å²) >= 11 is 3.43. The Morgan fingerprint density at radius 3 is 2.62 bits per heavy atom. The summed E-state index contributed by atoms with van der Waals surface area (Å²) in [7, 11) is -3.82. The van der Waals surface area contributed by atoms with Crippen LogP contribution in [0.25, 0.3) is 0 Å². The van der Waals surface area contributed by atoms with Gasteiger partial charge in [-0.15, -0.1) is 0 Å². The number of halogens is 1. The average Bonchev–Trinajstić information content (AvgIpc) is 3.14. The van der Waals surface area contributed by atoms with E-state index in [1.54, 1.807) is 12.1 Å². The number of aromatic nitrogens is 2. The molecule has 4 rings (SSSR count). The summed E-state index contributed by atoms with van der Waals surface area (Å²) < 4.78 is 34.7. The number of anilines is 1. The maximum absolute atomic E-state index is 13.1. The number of rotatable bonds is 7. The van der Waals surface area contributed by atoms with Crippen molar-refractivity contribution >= 4 is 31.8 Å². The van der Waals surface area contributed by atoms with Crippen LogP contribution in [0.1, 0.15) is 62.3 Å². The molecule has 182 valence electrons. The lowest BCUT2D eigenvalue weighted by Crippen LogP contribution is -2.30. The van der Waals surface area contributed by atoms with E-state index in [9.17, 15) is 8.42 Å². The Balaban J connectivity index is 1.49. The van der Waals surface area contributed by atoms with E-state index in [1.807, 2.05) is 33.0 Å². The second-order valence-corrected chi connectivity index (χ2v) is 12.3. The van der Waals surface area contributed by atoms with Crippen molar-refractivity contribution in [3.8, 4) is 0 Å². The Hall–Kier alpha value is -2.23. The first-order valence-corrected chi connectivity index (χ1v) is 13.8. The lowest BCUT2D eigenvalue weighted by molar-refractivity contribution is 0.245. The van der Waals surface area contributed by atoms with Crippen LogP contribution in [0.3, 0.4) is 0 Å². The fourth-order valence-electron chi connectivity index (χ4n) is 4.10. The van der Waals surface area contributed by atoms with Crippen LogP contribution in [0.2, 0.25) is 0 Å². The molecule has 2 aromatic heterocycles. The van der Waals surface area contributed by atoms with Gasteiger partial charge in [0.05, 0.1) is 4.90 Å². The third-order valence-corrected chi connectivity index (χ3v) is 8.00. The minimum atomic E-state index is -3.82. The Labute approximate surface area is 210 Å². The number of benzene rings is 1. The molecule has 0 saturated heterocycles. The molecule has 34 heavy (non-hydrogen) atoms. The van der Waals surface area contributed by atoms with Gasteiger partial charge in [-0.3, -0.25) is 14.6 Å². The number of pyridine rings is 1. The first-order valence-electron chi connectivity index (χ1n) is 11.5. The fourth-order valence-corrected chi connectivity index (χ4v) is 6.13. The van der Waals surface area contributed by atoms with E-state index in [0.29, 0.717) is 16.8 Å². The smallest absolute Gasteiger partial charge is 0.263 e. The third-order valence-electron chi connectivity index (χ3n) is 5.93. The number of hydrogen-bond acceptors (Lipinski definition) is 6. The summed E-state index contributed by atoms with van der Waals surface area (Å²) in [6.07, 6.45) is 4.91. The molecule has 1 aliphatic heterocycles. The molecule has 9 heteroatoms. The van der Waals surface area contributed by atoms with E-state index in [-0.39, 0.29) is 16.1 Å². The lowest BCUT2D eigenvalue weighted by Gasteiger charge is -2.29. The van der Waals surface area contributed by atoms with Crippen LogP contribution < -0.4 is 4.72 Å². The first kappa shape index (κ1) is 24.9. The number of hydrogen-bond donors (Lipinski definition) is 1. The minimum Gasteiger partial charge on any atom is -0.357 e. The van der Waals surface area contributed by atoms with Crippen molar-refractivity contribution in [2.45, 2.75) is 70.4 Å². The number of sulfonamides is 1. The number of nitrogens with one attached hydrogen (secondary N) is 1. The third kappa shape index (κ3) is 5.53. The molecule has 3 heterocycles. The molecule has 1 N–H and O–H groups in total. The molecule has 0 unspecified atom stereocenters. The summed E-state index contributed by atoms with van der Waals surface area (Å²) in [5.74, 6) is 0.742. The SMILES string of the molecule is CCCc1ccc(CN2CCc3ccc(S(=O)(=O)Nc4noc(C(C)(C)C)c4Br)cc3C2)cn1. The molecule has 0 radical (unpaired) electrons. The largest absolute Gasteiger partial charge is 0.357 e. The minimum absolute atomic E-state index is 0.156. The summed E-state index contributed by atoms with van der Waals surface area (Å²) in [6.45, 7) is 10.5. The zero-order valence-electron chi connectivity index (χ0n) is 20.1. The Morgan fingerprint density at radius 1 is 1.18 bits per heavy atom.